The van der Waals surface area contributed by atoms with Gasteiger partial charge in [0.1, 0.15) is 6.04 Å². The van der Waals surface area contributed by atoms with E-state index in [-0.39, 0.29) is 24.1 Å². The van der Waals surface area contributed by atoms with Crippen molar-refractivity contribution in [1.82, 2.24) is 10.2 Å². The van der Waals surface area contributed by atoms with Crippen molar-refractivity contribution in [2.45, 2.75) is 32.9 Å². The Balaban J connectivity index is 2.60. The molecule has 0 spiro atoms. The Morgan fingerprint density at radius 1 is 1.28 bits per heavy atom. The number of halogens is 1. The van der Waals surface area contributed by atoms with Crippen molar-refractivity contribution >= 4 is 11.9 Å². The van der Waals surface area contributed by atoms with Gasteiger partial charge in [0.15, 0.2) is 11.6 Å². The number of nitrogens with zero attached hydrogens (tertiary/aromatic N) is 1. The van der Waals surface area contributed by atoms with Gasteiger partial charge in [0.2, 0.25) is 5.91 Å². The first-order valence-electron chi connectivity index (χ1n) is 8.15. The highest BCUT2D eigenvalue weighted by Gasteiger charge is 2.23. The molecule has 0 aliphatic rings. The zero-order chi connectivity index (χ0) is 19.0. The largest absolute Gasteiger partial charge is 0.494 e. The Bertz CT molecular complexity index is 592. The summed E-state index contributed by atoms with van der Waals surface area (Å²) in [6.45, 7) is 4.40. The van der Waals surface area contributed by atoms with Gasteiger partial charge in [-0.3, -0.25) is 9.69 Å². The van der Waals surface area contributed by atoms with Gasteiger partial charge in [0.25, 0.3) is 0 Å². The molecule has 0 heterocycles. The van der Waals surface area contributed by atoms with Gasteiger partial charge in [-0.15, -0.1) is 0 Å². The molecule has 1 aromatic rings. The normalized spacial score (nSPS) is 12.2. The number of hydrogen-bond acceptors (Lipinski definition) is 5. The topological polar surface area (TPSA) is 67.9 Å². The zero-order valence-electron chi connectivity index (χ0n) is 15.5. The molecule has 0 aromatic heterocycles. The van der Waals surface area contributed by atoms with E-state index in [1.54, 1.807) is 24.1 Å². The van der Waals surface area contributed by atoms with Crippen molar-refractivity contribution in [3.63, 3.8) is 0 Å². The van der Waals surface area contributed by atoms with Crippen molar-refractivity contribution in [3.8, 4) is 5.75 Å². The molecule has 1 amide bonds. The number of nitrogens with one attached hydrogen (secondary N) is 1. The number of hydrogen-bond donors (Lipinski definition) is 1. The maximum absolute atomic E-state index is 13.7. The lowest BCUT2D eigenvalue weighted by atomic mass is 10.0. The second-order valence-corrected chi connectivity index (χ2v) is 6.41. The number of carbonyl (C=O) groups excluding carboxylic acids is 2. The summed E-state index contributed by atoms with van der Waals surface area (Å²) in [6.07, 6.45) is 0.506. The zero-order valence-corrected chi connectivity index (χ0v) is 15.5. The third-order valence-corrected chi connectivity index (χ3v) is 3.61. The molecule has 6 nitrogen and oxygen atoms in total. The van der Waals surface area contributed by atoms with Gasteiger partial charge in [-0.05, 0) is 37.1 Å². The molecule has 0 saturated carbocycles. The first-order valence-corrected chi connectivity index (χ1v) is 8.15. The number of amides is 1. The van der Waals surface area contributed by atoms with E-state index in [4.69, 9.17) is 9.47 Å². The Morgan fingerprint density at radius 2 is 1.96 bits per heavy atom. The van der Waals surface area contributed by atoms with Gasteiger partial charge >= 0.3 is 5.97 Å². The van der Waals surface area contributed by atoms with Crippen molar-refractivity contribution in [2.24, 2.45) is 5.92 Å². The number of benzene rings is 1. The van der Waals surface area contributed by atoms with E-state index < -0.39 is 17.8 Å². The molecule has 7 heteroatoms. The summed E-state index contributed by atoms with van der Waals surface area (Å²) >= 11 is 0. The number of likely N-dealkylation sites (N-methyl/N-ethyl adjacent to an activating group) is 1. The lowest BCUT2D eigenvalue weighted by Gasteiger charge is -2.21. The fourth-order valence-corrected chi connectivity index (χ4v) is 2.49. The smallest absolute Gasteiger partial charge is 0.328 e. The minimum Gasteiger partial charge on any atom is -0.494 e. The van der Waals surface area contributed by atoms with E-state index in [1.165, 1.54) is 20.3 Å². The summed E-state index contributed by atoms with van der Waals surface area (Å²) in [6, 6.07) is 4.01. The van der Waals surface area contributed by atoms with Crippen molar-refractivity contribution < 1.29 is 23.5 Å². The number of carbonyl (C=O) groups is 2. The highest BCUT2D eigenvalue weighted by molar-refractivity contribution is 5.85. The summed E-state index contributed by atoms with van der Waals surface area (Å²) in [5.74, 6) is -0.766. The molecule has 1 rings (SSSR count). The van der Waals surface area contributed by atoms with E-state index in [0.717, 1.165) is 5.56 Å². The summed E-state index contributed by atoms with van der Waals surface area (Å²) in [5, 5.41) is 2.70. The quantitative estimate of drug-likeness (QED) is 0.687. The number of rotatable bonds is 9. The Morgan fingerprint density at radius 3 is 2.48 bits per heavy atom. The average molecular weight is 354 g/mol. The fraction of sp³-hybridized carbons (Fsp3) is 0.556. The van der Waals surface area contributed by atoms with E-state index in [9.17, 15) is 14.0 Å². The Hall–Kier alpha value is -2.15. The lowest BCUT2D eigenvalue weighted by Crippen LogP contribution is -2.45. The second kappa shape index (κ2) is 9.98. The van der Waals surface area contributed by atoms with Crippen molar-refractivity contribution in [1.29, 1.82) is 0 Å². The molecule has 0 saturated heterocycles. The SMILES string of the molecule is COC(=O)C(CC(C)C)NC(=O)CN(C)Cc1ccc(OC)c(F)c1. The molecule has 1 unspecified atom stereocenters. The van der Waals surface area contributed by atoms with E-state index in [1.807, 2.05) is 13.8 Å². The summed E-state index contributed by atoms with van der Waals surface area (Å²) in [4.78, 5) is 25.7. The van der Waals surface area contributed by atoms with E-state index >= 15 is 0 Å². The summed E-state index contributed by atoms with van der Waals surface area (Å²) < 4.78 is 23.3. The van der Waals surface area contributed by atoms with Crippen LogP contribution in [-0.2, 0) is 20.9 Å². The third kappa shape index (κ3) is 7.09. The van der Waals surface area contributed by atoms with Crippen LogP contribution in [0.4, 0.5) is 4.39 Å². The molecule has 140 valence electrons. The van der Waals surface area contributed by atoms with Gasteiger partial charge < -0.3 is 14.8 Å². The first-order chi connectivity index (χ1) is 11.8. The van der Waals surface area contributed by atoms with Crippen LogP contribution in [0, 0.1) is 11.7 Å². The Kier molecular flexibility index (Phi) is 8.34. The van der Waals surface area contributed by atoms with Gasteiger partial charge in [0.05, 0.1) is 20.8 Å². The molecule has 0 aliphatic heterocycles. The molecule has 1 atom stereocenters. The minimum atomic E-state index is -0.663. The molecular formula is C18H27FN2O4. The molecule has 25 heavy (non-hydrogen) atoms. The highest BCUT2D eigenvalue weighted by Crippen LogP contribution is 2.18. The molecule has 1 N–H and O–H groups in total. The van der Waals surface area contributed by atoms with Crippen LogP contribution in [0.2, 0.25) is 0 Å². The fourth-order valence-electron chi connectivity index (χ4n) is 2.49. The minimum absolute atomic E-state index is 0.0826. The van der Waals surface area contributed by atoms with Crippen LogP contribution in [-0.4, -0.2) is 50.6 Å². The maximum atomic E-state index is 13.7. The van der Waals surface area contributed by atoms with Gasteiger partial charge in [-0.2, -0.15) is 0 Å². The molecule has 1 aromatic carbocycles. The van der Waals surface area contributed by atoms with E-state index in [2.05, 4.69) is 5.32 Å². The van der Waals surface area contributed by atoms with Crippen LogP contribution in [0.25, 0.3) is 0 Å². The van der Waals surface area contributed by atoms with Gasteiger partial charge in [-0.25, -0.2) is 9.18 Å². The first kappa shape index (κ1) is 20.9. The average Bonchev–Trinajstić information content (AvgIpc) is 2.52. The van der Waals surface area contributed by atoms with Crippen LogP contribution >= 0.6 is 0 Å². The van der Waals surface area contributed by atoms with E-state index in [0.29, 0.717) is 13.0 Å². The van der Waals surface area contributed by atoms with Crippen molar-refractivity contribution in [3.05, 3.63) is 29.6 Å². The van der Waals surface area contributed by atoms with Crippen LogP contribution in [0.15, 0.2) is 18.2 Å². The van der Waals surface area contributed by atoms with Crippen LogP contribution in [0.3, 0.4) is 0 Å². The number of ether oxygens (including phenoxy) is 2. The number of methoxy groups -OCH3 is 2. The lowest BCUT2D eigenvalue weighted by molar-refractivity contribution is -0.145. The molecule has 0 fully saturated rings. The summed E-state index contributed by atoms with van der Waals surface area (Å²) in [5.41, 5.74) is 0.722. The predicted molar refractivity (Wildman–Crippen MR) is 92.7 cm³/mol. The standard InChI is InChI=1S/C18H27FN2O4/c1-12(2)8-15(18(23)25-5)20-17(22)11-21(3)10-13-6-7-16(24-4)14(19)9-13/h6-7,9,12,15H,8,10-11H2,1-5H3,(H,20,22). The summed E-state index contributed by atoms with van der Waals surface area (Å²) in [7, 11) is 4.45. The van der Waals surface area contributed by atoms with Crippen LogP contribution < -0.4 is 10.1 Å². The molecule has 0 bridgehead atoms. The van der Waals surface area contributed by atoms with Crippen molar-refractivity contribution in [2.75, 3.05) is 27.8 Å². The van der Waals surface area contributed by atoms with Crippen LogP contribution in [0.1, 0.15) is 25.8 Å². The predicted octanol–water partition coefficient (Wildman–Crippen LogP) is 1.97. The van der Waals surface area contributed by atoms with Gasteiger partial charge in [0, 0.05) is 6.54 Å². The Labute approximate surface area is 148 Å². The molecule has 0 radical (unpaired) electrons. The monoisotopic (exact) mass is 354 g/mol. The molecular weight excluding hydrogens is 327 g/mol. The highest BCUT2D eigenvalue weighted by atomic mass is 19.1. The van der Waals surface area contributed by atoms with Crippen LogP contribution in [0.5, 0.6) is 5.75 Å². The second-order valence-electron chi connectivity index (χ2n) is 6.41. The third-order valence-electron chi connectivity index (χ3n) is 3.61. The maximum Gasteiger partial charge on any atom is 0.328 e. The number of esters is 1. The molecule has 0 aliphatic carbocycles. The van der Waals surface area contributed by atoms with Gasteiger partial charge in [-0.1, -0.05) is 19.9 Å².